The van der Waals surface area contributed by atoms with Crippen LogP contribution in [0.15, 0.2) is 35.2 Å². The second-order valence-corrected chi connectivity index (χ2v) is 8.46. The lowest BCUT2D eigenvalue weighted by Crippen LogP contribution is -2.62. The van der Waals surface area contributed by atoms with Crippen molar-refractivity contribution in [1.82, 2.24) is 14.5 Å². The molecular weight excluding hydrogens is 330 g/mol. The molecule has 0 radical (unpaired) electrons. The van der Waals surface area contributed by atoms with Gasteiger partial charge in [0.15, 0.2) is 0 Å². The van der Waals surface area contributed by atoms with E-state index in [9.17, 15) is 13.2 Å². The van der Waals surface area contributed by atoms with Crippen LogP contribution < -0.4 is 5.32 Å². The molecule has 2 amide bonds. The number of carbonyl (C=O) groups is 1. The van der Waals surface area contributed by atoms with Gasteiger partial charge in [-0.15, -0.1) is 0 Å². The minimum Gasteiger partial charge on any atom is -0.369 e. The maximum Gasteiger partial charge on any atom is 0.317 e. The van der Waals surface area contributed by atoms with Gasteiger partial charge in [-0.3, -0.25) is 0 Å². The van der Waals surface area contributed by atoms with Gasteiger partial charge in [0, 0.05) is 19.1 Å². The van der Waals surface area contributed by atoms with Crippen LogP contribution in [0.3, 0.4) is 0 Å². The van der Waals surface area contributed by atoms with Crippen LogP contribution in [0.25, 0.3) is 0 Å². The highest BCUT2D eigenvalue weighted by atomic mass is 32.2. The fourth-order valence-corrected chi connectivity index (χ4v) is 4.62. The Bertz CT molecular complexity index is 679. The number of ether oxygens (including phenoxy) is 1. The fourth-order valence-electron chi connectivity index (χ4n) is 3.10. The third kappa shape index (κ3) is 3.55. The summed E-state index contributed by atoms with van der Waals surface area (Å²) in [6.07, 6.45) is -0.595. The lowest BCUT2D eigenvalue weighted by molar-refractivity contribution is -0.111. The van der Waals surface area contributed by atoms with Crippen LogP contribution in [-0.2, 0) is 14.8 Å². The highest BCUT2D eigenvalue weighted by Gasteiger charge is 2.41. The molecule has 2 atom stereocenters. The Hall–Kier alpha value is -1.64. The molecule has 132 valence electrons. The van der Waals surface area contributed by atoms with Gasteiger partial charge in [0.1, 0.15) is 0 Å². The van der Waals surface area contributed by atoms with Gasteiger partial charge in [0.25, 0.3) is 0 Å². The monoisotopic (exact) mass is 353 g/mol. The Labute approximate surface area is 142 Å². The van der Waals surface area contributed by atoms with Crippen molar-refractivity contribution in [2.24, 2.45) is 0 Å². The van der Waals surface area contributed by atoms with E-state index in [1.807, 2.05) is 13.8 Å². The van der Waals surface area contributed by atoms with Crippen molar-refractivity contribution in [2.75, 3.05) is 26.2 Å². The molecule has 2 bridgehead atoms. The lowest BCUT2D eigenvalue weighted by atomic mass is 10.1. The van der Waals surface area contributed by atoms with E-state index in [1.165, 1.54) is 4.31 Å². The molecule has 0 saturated carbocycles. The molecule has 2 aliphatic rings. The summed E-state index contributed by atoms with van der Waals surface area (Å²) in [4.78, 5) is 14.2. The van der Waals surface area contributed by atoms with Crippen LogP contribution in [0, 0.1) is 0 Å². The van der Waals surface area contributed by atoms with Gasteiger partial charge in [-0.25, -0.2) is 13.2 Å². The van der Waals surface area contributed by atoms with E-state index in [0.717, 1.165) is 0 Å². The number of sulfonamides is 1. The summed E-state index contributed by atoms with van der Waals surface area (Å²) in [5, 5.41) is 2.87. The van der Waals surface area contributed by atoms with Crippen LogP contribution >= 0.6 is 0 Å². The van der Waals surface area contributed by atoms with Crippen molar-refractivity contribution >= 4 is 16.1 Å². The number of urea groups is 1. The Kier molecular flexibility index (Phi) is 4.80. The normalized spacial score (nSPS) is 24.9. The van der Waals surface area contributed by atoms with Gasteiger partial charge in [-0.1, -0.05) is 18.2 Å². The van der Waals surface area contributed by atoms with E-state index in [-0.39, 0.29) is 37.4 Å². The first-order chi connectivity index (χ1) is 11.4. The van der Waals surface area contributed by atoms with Gasteiger partial charge < -0.3 is 15.0 Å². The van der Waals surface area contributed by atoms with Crippen molar-refractivity contribution in [1.29, 1.82) is 0 Å². The molecule has 2 unspecified atom stereocenters. The largest absolute Gasteiger partial charge is 0.369 e. The number of amides is 2. The van der Waals surface area contributed by atoms with Gasteiger partial charge in [0.2, 0.25) is 10.0 Å². The molecule has 7 nitrogen and oxygen atoms in total. The predicted octanol–water partition coefficient (Wildman–Crippen LogP) is 0.878. The van der Waals surface area contributed by atoms with E-state index < -0.39 is 10.0 Å². The third-order valence-electron chi connectivity index (χ3n) is 4.13. The second kappa shape index (κ2) is 6.70. The number of hydrogen-bond donors (Lipinski definition) is 1. The van der Waals surface area contributed by atoms with Gasteiger partial charge in [-0.05, 0) is 26.0 Å². The van der Waals surface area contributed by atoms with E-state index in [4.69, 9.17) is 4.74 Å². The molecule has 1 aromatic rings. The summed E-state index contributed by atoms with van der Waals surface area (Å²) in [5.41, 5.74) is 0. The lowest BCUT2D eigenvalue weighted by Gasteiger charge is -2.45. The number of nitrogens with zero attached hydrogens (tertiary/aromatic N) is 2. The van der Waals surface area contributed by atoms with Crippen LogP contribution in [0.5, 0.6) is 0 Å². The molecule has 24 heavy (non-hydrogen) atoms. The minimum atomic E-state index is -3.53. The van der Waals surface area contributed by atoms with Gasteiger partial charge in [0.05, 0.1) is 30.2 Å². The van der Waals surface area contributed by atoms with Crippen molar-refractivity contribution in [3.63, 3.8) is 0 Å². The number of hydrogen-bond acceptors (Lipinski definition) is 4. The Morgan fingerprint density at radius 1 is 1.12 bits per heavy atom. The zero-order chi connectivity index (χ0) is 17.3. The quantitative estimate of drug-likeness (QED) is 0.875. The van der Waals surface area contributed by atoms with Crippen molar-refractivity contribution in [3.05, 3.63) is 30.3 Å². The summed E-state index contributed by atoms with van der Waals surface area (Å²) in [6, 6.07) is 8.36. The Balaban J connectivity index is 1.71. The van der Waals surface area contributed by atoms with E-state index in [2.05, 4.69) is 5.32 Å². The molecule has 0 aromatic heterocycles. The standard InChI is InChI=1S/C16H23N3O4S/c1-12(2)17-16(20)18-8-13-10-19(11-14(9-18)23-13)24(21,22)15-6-4-3-5-7-15/h3-7,12-14H,8-11H2,1-2H3,(H,17,20). The number of carbonyl (C=O) groups excluding carboxylic acids is 1. The number of fused-ring (bicyclic) bond motifs is 2. The number of benzene rings is 1. The number of rotatable bonds is 3. The zero-order valence-electron chi connectivity index (χ0n) is 13.9. The van der Waals surface area contributed by atoms with Gasteiger partial charge in [-0.2, -0.15) is 4.31 Å². The zero-order valence-corrected chi connectivity index (χ0v) is 14.7. The van der Waals surface area contributed by atoms with Crippen molar-refractivity contribution in [2.45, 2.75) is 37.0 Å². The number of morpholine rings is 2. The molecule has 0 aliphatic carbocycles. The molecule has 1 aromatic carbocycles. The molecule has 1 N–H and O–H groups in total. The Morgan fingerprint density at radius 2 is 1.71 bits per heavy atom. The first-order valence-corrected chi connectivity index (χ1v) is 9.56. The van der Waals surface area contributed by atoms with E-state index >= 15 is 0 Å². The summed E-state index contributed by atoms with van der Waals surface area (Å²) in [5.74, 6) is 0. The molecule has 3 rings (SSSR count). The highest BCUT2D eigenvalue weighted by Crippen LogP contribution is 2.24. The van der Waals surface area contributed by atoms with Crippen LogP contribution in [0.4, 0.5) is 4.79 Å². The fraction of sp³-hybridized carbons (Fsp3) is 0.562. The van der Waals surface area contributed by atoms with Gasteiger partial charge >= 0.3 is 6.03 Å². The predicted molar refractivity (Wildman–Crippen MR) is 89.1 cm³/mol. The first-order valence-electron chi connectivity index (χ1n) is 8.12. The molecular formula is C16H23N3O4S. The minimum absolute atomic E-state index is 0.0649. The maximum atomic E-state index is 12.8. The van der Waals surface area contributed by atoms with Crippen molar-refractivity contribution < 1.29 is 17.9 Å². The number of nitrogens with one attached hydrogen (secondary N) is 1. The van der Waals surface area contributed by atoms with Crippen LogP contribution in [-0.4, -0.2) is 68.1 Å². The SMILES string of the molecule is CC(C)NC(=O)N1CC2CN(S(=O)(=O)c3ccccc3)CC(C1)O2. The van der Waals surface area contributed by atoms with Crippen LogP contribution in [0.1, 0.15) is 13.8 Å². The molecule has 2 fully saturated rings. The second-order valence-electron chi connectivity index (χ2n) is 6.52. The smallest absolute Gasteiger partial charge is 0.317 e. The molecule has 2 heterocycles. The average Bonchev–Trinajstić information content (AvgIpc) is 2.54. The molecule has 2 aliphatic heterocycles. The van der Waals surface area contributed by atoms with Crippen molar-refractivity contribution in [3.8, 4) is 0 Å². The topological polar surface area (TPSA) is 79.0 Å². The molecule has 8 heteroatoms. The highest BCUT2D eigenvalue weighted by molar-refractivity contribution is 7.89. The maximum absolute atomic E-state index is 12.8. The summed E-state index contributed by atoms with van der Waals surface area (Å²) >= 11 is 0. The van der Waals surface area contributed by atoms with E-state index in [1.54, 1.807) is 35.2 Å². The summed E-state index contributed by atoms with van der Waals surface area (Å²) < 4.78 is 32.8. The summed E-state index contributed by atoms with van der Waals surface area (Å²) in [7, 11) is -3.53. The Morgan fingerprint density at radius 3 is 2.25 bits per heavy atom. The van der Waals surface area contributed by atoms with Crippen LogP contribution in [0.2, 0.25) is 0 Å². The molecule has 2 saturated heterocycles. The first kappa shape index (κ1) is 17.2. The average molecular weight is 353 g/mol. The third-order valence-corrected chi connectivity index (χ3v) is 5.97. The van der Waals surface area contributed by atoms with E-state index in [0.29, 0.717) is 18.0 Å². The summed E-state index contributed by atoms with van der Waals surface area (Å²) in [6.45, 7) is 5.14. The molecule has 0 spiro atoms.